The highest BCUT2D eigenvalue weighted by Crippen LogP contribution is 2.31. The number of carboxylic acids is 1. The lowest BCUT2D eigenvalue weighted by molar-refractivity contribution is -0.146. The van der Waals surface area contributed by atoms with Gasteiger partial charge in [-0.2, -0.15) is 0 Å². The topological polar surface area (TPSA) is 66.4 Å². The lowest BCUT2D eigenvalue weighted by atomic mass is 9.82. The zero-order valence-corrected chi connectivity index (χ0v) is 12.4. The largest absolute Gasteiger partial charge is 0.481 e. The predicted molar refractivity (Wildman–Crippen MR) is 75.7 cm³/mol. The number of carbonyl (C=O) groups is 2. The molecule has 2 rings (SSSR count). The number of aliphatic carboxylic acids is 1. The van der Waals surface area contributed by atoms with Crippen molar-refractivity contribution in [2.24, 2.45) is 11.8 Å². The molecule has 4 nitrogen and oxygen atoms in total. The van der Waals surface area contributed by atoms with Crippen LogP contribution in [0.25, 0.3) is 0 Å². The van der Waals surface area contributed by atoms with Crippen molar-refractivity contribution >= 4 is 33.5 Å². The maximum atomic E-state index is 13.7. The van der Waals surface area contributed by atoms with Gasteiger partial charge in [-0.05, 0) is 34.8 Å². The van der Waals surface area contributed by atoms with Crippen LogP contribution in [0.2, 0.25) is 0 Å². The molecule has 2 atom stereocenters. The molecular formula is C14H12BrF2NO3. The maximum absolute atomic E-state index is 13.7. The summed E-state index contributed by atoms with van der Waals surface area (Å²) >= 11 is 2.97. The summed E-state index contributed by atoms with van der Waals surface area (Å²) in [5.74, 6) is -5.01. The third kappa shape index (κ3) is 3.47. The molecule has 1 amide bonds. The van der Waals surface area contributed by atoms with Gasteiger partial charge in [0.25, 0.3) is 0 Å². The van der Waals surface area contributed by atoms with Gasteiger partial charge in [-0.15, -0.1) is 0 Å². The Kier molecular flexibility index (Phi) is 4.72. The zero-order chi connectivity index (χ0) is 15.6. The number of hydrogen-bond donors (Lipinski definition) is 2. The first-order valence-corrected chi connectivity index (χ1v) is 7.02. The van der Waals surface area contributed by atoms with Crippen LogP contribution in [0.5, 0.6) is 0 Å². The second kappa shape index (κ2) is 6.34. The average Bonchev–Trinajstić information content (AvgIpc) is 2.42. The predicted octanol–water partition coefficient (Wildman–Crippen LogP) is 3.33. The van der Waals surface area contributed by atoms with Crippen molar-refractivity contribution in [1.82, 2.24) is 0 Å². The number of benzene rings is 1. The third-order valence-corrected chi connectivity index (χ3v) is 3.97. The summed E-state index contributed by atoms with van der Waals surface area (Å²) in [5, 5.41) is 11.5. The normalized spacial score (nSPS) is 21.1. The van der Waals surface area contributed by atoms with Crippen molar-refractivity contribution in [3.63, 3.8) is 0 Å². The van der Waals surface area contributed by atoms with Gasteiger partial charge in [0.2, 0.25) is 5.91 Å². The molecule has 2 unspecified atom stereocenters. The molecule has 0 radical (unpaired) electrons. The van der Waals surface area contributed by atoms with Crippen LogP contribution in [0, 0.1) is 23.5 Å². The Balaban J connectivity index is 2.21. The smallest absolute Gasteiger partial charge is 0.307 e. The molecule has 0 saturated heterocycles. The standard InChI is InChI=1S/C14H12BrF2NO3/c15-10-5-7(16)6-11(17)12(10)18-13(19)8-3-1-2-4-9(8)14(20)21/h1-2,5-6,8-9H,3-4H2,(H,18,19)(H,20,21). The van der Waals surface area contributed by atoms with E-state index in [9.17, 15) is 18.4 Å². The zero-order valence-electron chi connectivity index (χ0n) is 10.8. The summed E-state index contributed by atoms with van der Waals surface area (Å²) in [7, 11) is 0. The molecule has 0 fully saturated rings. The number of rotatable bonds is 3. The van der Waals surface area contributed by atoms with Gasteiger partial charge < -0.3 is 10.4 Å². The Hall–Kier alpha value is -1.76. The van der Waals surface area contributed by atoms with Crippen LogP contribution in [0.4, 0.5) is 14.5 Å². The number of anilines is 1. The number of carboxylic acid groups (broad SMARTS) is 1. The highest BCUT2D eigenvalue weighted by Gasteiger charge is 2.34. The van der Waals surface area contributed by atoms with E-state index in [0.29, 0.717) is 6.07 Å². The van der Waals surface area contributed by atoms with Gasteiger partial charge in [0.1, 0.15) is 5.82 Å². The van der Waals surface area contributed by atoms with Gasteiger partial charge in [-0.25, -0.2) is 8.78 Å². The molecule has 0 aliphatic heterocycles. The minimum atomic E-state index is -1.07. The van der Waals surface area contributed by atoms with Gasteiger partial charge in [0.05, 0.1) is 17.5 Å². The lowest BCUT2D eigenvalue weighted by Gasteiger charge is -2.24. The fourth-order valence-electron chi connectivity index (χ4n) is 2.25. The summed E-state index contributed by atoms with van der Waals surface area (Å²) in [6, 6.07) is 1.67. The molecule has 0 heterocycles. The van der Waals surface area contributed by atoms with Crippen molar-refractivity contribution in [2.45, 2.75) is 12.8 Å². The van der Waals surface area contributed by atoms with Crippen LogP contribution in [0.1, 0.15) is 12.8 Å². The molecule has 1 aliphatic carbocycles. The molecule has 0 saturated carbocycles. The van der Waals surface area contributed by atoms with Crippen molar-refractivity contribution in [3.05, 3.63) is 40.4 Å². The fraction of sp³-hybridized carbons (Fsp3) is 0.286. The summed E-state index contributed by atoms with van der Waals surface area (Å²) in [6.07, 6.45) is 3.94. The first-order valence-electron chi connectivity index (χ1n) is 6.23. The van der Waals surface area contributed by atoms with E-state index in [1.54, 1.807) is 12.2 Å². The Morgan fingerprint density at radius 1 is 1.19 bits per heavy atom. The van der Waals surface area contributed by atoms with Crippen LogP contribution in [-0.2, 0) is 9.59 Å². The Labute approximate surface area is 128 Å². The van der Waals surface area contributed by atoms with E-state index in [-0.39, 0.29) is 23.0 Å². The second-order valence-electron chi connectivity index (χ2n) is 4.73. The van der Waals surface area contributed by atoms with Crippen molar-refractivity contribution < 1.29 is 23.5 Å². The average molecular weight is 360 g/mol. The molecule has 2 N–H and O–H groups in total. The summed E-state index contributed by atoms with van der Waals surface area (Å²) in [4.78, 5) is 23.3. The molecule has 21 heavy (non-hydrogen) atoms. The van der Waals surface area contributed by atoms with Gasteiger partial charge >= 0.3 is 5.97 Å². The van der Waals surface area contributed by atoms with Gasteiger partial charge in [0.15, 0.2) is 5.82 Å². The van der Waals surface area contributed by atoms with E-state index in [1.807, 2.05) is 0 Å². The van der Waals surface area contributed by atoms with Gasteiger partial charge in [-0.1, -0.05) is 12.2 Å². The summed E-state index contributed by atoms with van der Waals surface area (Å²) in [6.45, 7) is 0. The van der Waals surface area contributed by atoms with Crippen molar-refractivity contribution in [1.29, 1.82) is 0 Å². The van der Waals surface area contributed by atoms with E-state index in [1.165, 1.54) is 0 Å². The monoisotopic (exact) mass is 359 g/mol. The number of amides is 1. The Morgan fingerprint density at radius 2 is 1.81 bits per heavy atom. The third-order valence-electron chi connectivity index (χ3n) is 3.34. The molecule has 1 aliphatic rings. The molecule has 0 bridgehead atoms. The minimum Gasteiger partial charge on any atom is -0.481 e. The molecule has 1 aromatic rings. The molecule has 112 valence electrons. The van der Waals surface area contributed by atoms with Crippen LogP contribution in [0.3, 0.4) is 0 Å². The van der Waals surface area contributed by atoms with Crippen LogP contribution in [0.15, 0.2) is 28.8 Å². The first kappa shape index (κ1) is 15.6. The molecule has 0 spiro atoms. The van der Waals surface area contributed by atoms with E-state index in [0.717, 1.165) is 6.07 Å². The SMILES string of the molecule is O=C(O)C1CC=CCC1C(=O)Nc1c(F)cc(F)cc1Br. The quantitative estimate of drug-likeness (QED) is 0.813. The lowest BCUT2D eigenvalue weighted by Crippen LogP contribution is -2.35. The molecule has 0 aromatic heterocycles. The first-order chi connectivity index (χ1) is 9.90. The van der Waals surface area contributed by atoms with Crippen LogP contribution >= 0.6 is 15.9 Å². The highest BCUT2D eigenvalue weighted by molar-refractivity contribution is 9.10. The van der Waals surface area contributed by atoms with Crippen LogP contribution < -0.4 is 5.32 Å². The van der Waals surface area contributed by atoms with Crippen molar-refractivity contribution in [2.75, 3.05) is 5.32 Å². The molecular weight excluding hydrogens is 348 g/mol. The van der Waals surface area contributed by atoms with E-state index < -0.39 is 35.3 Å². The van der Waals surface area contributed by atoms with E-state index >= 15 is 0 Å². The fourth-order valence-corrected chi connectivity index (χ4v) is 2.76. The van der Waals surface area contributed by atoms with Gasteiger partial charge in [0, 0.05) is 10.5 Å². The molecule has 1 aromatic carbocycles. The number of halogens is 3. The maximum Gasteiger partial charge on any atom is 0.307 e. The Bertz CT molecular complexity index is 595. The molecule has 7 heteroatoms. The number of allylic oxidation sites excluding steroid dienone is 2. The number of nitrogens with one attached hydrogen (secondary N) is 1. The minimum absolute atomic E-state index is 0.0616. The van der Waals surface area contributed by atoms with Crippen molar-refractivity contribution in [3.8, 4) is 0 Å². The van der Waals surface area contributed by atoms with Gasteiger partial charge in [-0.3, -0.25) is 9.59 Å². The number of hydrogen-bond acceptors (Lipinski definition) is 2. The second-order valence-corrected chi connectivity index (χ2v) is 5.58. The van der Waals surface area contributed by atoms with E-state index in [4.69, 9.17) is 5.11 Å². The summed E-state index contributed by atoms with van der Waals surface area (Å²) < 4.78 is 26.7. The number of carbonyl (C=O) groups excluding carboxylic acids is 1. The van der Waals surface area contributed by atoms with Crippen LogP contribution in [-0.4, -0.2) is 17.0 Å². The Morgan fingerprint density at radius 3 is 2.38 bits per heavy atom. The van der Waals surface area contributed by atoms with E-state index in [2.05, 4.69) is 21.2 Å². The highest BCUT2D eigenvalue weighted by atomic mass is 79.9. The summed E-state index contributed by atoms with van der Waals surface area (Å²) in [5.41, 5.74) is -0.194.